The number of nitrogens with zero attached hydrogens (tertiary/aromatic N) is 1. The van der Waals surface area contributed by atoms with Crippen molar-refractivity contribution in [2.45, 2.75) is 0 Å². The maximum absolute atomic E-state index is 12.3. The second-order valence-corrected chi connectivity index (χ2v) is 5.34. The fourth-order valence-electron chi connectivity index (χ4n) is 1.65. The van der Waals surface area contributed by atoms with Gasteiger partial charge in [0.25, 0.3) is 0 Å². The van der Waals surface area contributed by atoms with E-state index < -0.39 is 0 Å². The number of likely N-dealkylation sites (N-methyl/N-ethyl adjacent to an activating group) is 1. The SMILES string of the molecule is CN(C(=S)C(=O)c1ccc(Br)cc1)c1ccccc1. The van der Waals surface area contributed by atoms with Crippen LogP contribution in [0, 0.1) is 0 Å². The van der Waals surface area contributed by atoms with E-state index in [2.05, 4.69) is 15.9 Å². The van der Waals surface area contributed by atoms with Crippen molar-refractivity contribution in [3.8, 4) is 0 Å². The number of para-hydroxylation sites is 1. The number of halogens is 1. The van der Waals surface area contributed by atoms with E-state index in [9.17, 15) is 4.79 Å². The zero-order chi connectivity index (χ0) is 13.8. The molecular formula is C15H12BrNOS. The lowest BCUT2D eigenvalue weighted by atomic mass is 10.1. The van der Waals surface area contributed by atoms with E-state index >= 15 is 0 Å². The summed E-state index contributed by atoms with van der Waals surface area (Å²) in [4.78, 5) is 14.3. The summed E-state index contributed by atoms with van der Waals surface area (Å²) in [6.45, 7) is 0. The van der Waals surface area contributed by atoms with Gasteiger partial charge in [-0.1, -0.05) is 46.3 Å². The number of ketones is 1. The number of Topliss-reactive ketones (excluding diaryl/α,β-unsaturated/α-hetero) is 1. The van der Waals surface area contributed by atoms with Crippen molar-refractivity contribution in [1.82, 2.24) is 0 Å². The Morgan fingerprint density at radius 3 is 2.21 bits per heavy atom. The van der Waals surface area contributed by atoms with Crippen molar-refractivity contribution in [2.24, 2.45) is 0 Å². The van der Waals surface area contributed by atoms with Gasteiger partial charge in [-0.05, 0) is 36.4 Å². The molecule has 0 aliphatic heterocycles. The topological polar surface area (TPSA) is 20.3 Å². The molecule has 2 nitrogen and oxygen atoms in total. The molecule has 19 heavy (non-hydrogen) atoms. The molecule has 0 heterocycles. The third kappa shape index (κ3) is 3.28. The Hall–Kier alpha value is -1.52. The van der Waals surface area contributed by atoms with Gasteiger partial charge in [0.15, 0.2) is 4.99 Å². The number of carbonyl (C=O) groups is 1. The Balaban J connectivity index is 2.20. The Bertz CT molecular complexity index is 595. The highest BCUT2D eigenvalue weighted by molar-refractivity contribution is 9.10. The molecule has 0 unspecified atom stereocenters. The molecule has 2 aromatic rings. The van der Waals surface area contributed by atoms with E-state index in [-0.39, 0.29) is 10.8 Å². The molecule has 0 aromatic heterocycles. The van der Waals surface area contributed by atoms with Crippen molar-refractivity contribution < 1.29 is 4.79 Å². The fourth-order valence-corrected chi connectivity index (χ4v) is 2.13. The monoisotopic (exact) mass is 333 g/mol. The minimum Gasteiger partial charge on any atom is -0.333 e. The van der Waals surface area contributed by atoms with Crippen LogP contribution in [0.1, 0.15) is 10.4 Å². The van der Waals surface area contributed by atoms with Crippen molar-refractivity contribution >= 4 is 44.6 Å². The molecule has 2 aromatic carbocycles. The lowest BCUT2D eigenvalue weighted by Crippen LogP contribution is -2.31. The van der Waals surface area contributed by atoms with Gasteiger partial charge < -0.3 is 4.90 Å². The maximum atomic E-state index is 12.3. The Morgan fingerprint density at radius 2 is 1.63 bits per heavy atom. The van der Waals surface area contributed by atoms with Gasteiger partial charge >= 0.3 is 0 Å². The fraction of sp³-hybridized carbons (Fsp3) is 0.0667. The summed E-state index contributed by atoms with van der Waals surface area (Å²) in [6, 6.07) is 16.8. The molecule has 0 amide bonds. The third-order valence-corrected chi connectivity index (χ3v) is 3.74. The molecule has 4 heteroatoms. The molecule has 0 fully saturated rings. The van der Waals surface area contributed by atoms with Crippen LogP contribution in [0.3, 0.4) is 0 Å². The van der Waals surface area contributed by atoms with Crippen LogP contribution in [0.5, 0.6) is 0 Å². The van der Waals surface area contributed by atoms with Crippen molar-refractivity contribution in [2.75, 3.05) is 11.9 Å². The summed E-state index contributed by atoms with van der Waals surface area (Å²) in [6.07, 6.45) is 0. The Labute approximate surface area is 126 Å². The van der Waals surface area contributed by atoms with Gasteiger partial charge in [0.05, 0.1) is 0 Å². The van der Waals surface area contributed by atoms with Crippen molar-refractivity contribution in [3.05, 3.63) is 64.6 Å². The predicted molar refractivity (Wildman–Crippen MR) is 85.9 cm³/mol. The molecule has 0 saturated heterocycles. The quantitative estimate of drug-likeness (QED) is 0.623. The summed E-state index contributed by atoms with van der Waals surface area (Å²) in [5.74, 6) is -0.145. The summed E-state index contributed by atoms with van der Waals surface area (Å²) in [7, 11) is 1.80. The number of benzene rings is 2. The second kappa shape index (κ2) is 6.08. The zero-order valence-electron chi connectivity index (χ0n) is 10.3. The van der Waals surface area contributed by atoms with Crippen molar-refractivity contribution in [1.29, 1.82) is 0 Å². The summed E-state index contributed by atoms with van der Waals surface area (Å²) in [5.41, 5.74) is 1.49. The minimum atomic E-state index is -0.145. The summed E-state index contributed by atoms with van der Waals surface area (Å²) < 4.78 is 0.936. The second-order valence-electron chi connectivity index (χ2n) is 4.04. The highest BCUT2D eigenvalue weighted by Gasteiger charge is 2.17. The van der Waals surface area contributed by atoms with Crippen LogP contribution in [-0.4, -0.2) is 17.8 Å². The Kier molecular flexibility index (Phi) is 4.45. The average Bonchev–Trinajstić information content (AvgIpc) is 2.46. The number of rotatable bonds is 3. The van der Waals surface area contributed by atoms with E-state index in [4.69, 9.17) is 12.2 Å². The highest BCUT2D eigenvalue weighted by atomic mass is 79.9. The van der Waals surface area contributed by atoms with Crippen LogP contribution in [-0.2, 0) is 0 Å². The molecule has 2 rings (SSSR count). The van der Waals surface area contributed by atoms with Crippen LogP contribution in [0.15, 0.2) is 59.1 Å². The van der Waals surface area contributed by atoms with Crippen LogP contribution in [0.4, 0.5) is 5.69 Å². The molecule has 0 saturated carbocycles. The molecule has 0 atom stereocenters. The van der Waals surface area contributed by atoms with E-state index in [1.165, 1.54) is 0 Å². The summed E-state index contributed by atoms with van der Waals surface area (Å²) >= 11 is 8.60. The first-order valence-corrected chi connectivity index (χ1v) is 6.92. The van der Waals surface area contributed by atoms with Crippen LogP contribution < -0.4 is 4.90 Å². The smallest absolute Gasteiger partial charge is 0.220 e. The number of hydrogen-bond donors (Lipinski definition) is 0. The van der Waals surface area contributed by atoms with Gasteiger partial charge in [-0.3, -0.25) is 4.79 Å². The molecule has 0 radical (unpaired) electrons. The van der Waals surface area contributed by atoms with Gasteiger partial charge in [0.2, 0.25) is 5.78 Å². The normalized spacial score (nSPS) is 10.0. The van der Waals surface area contributed by atoms with Gasteiger partial charge in [-0.15, -0.1) is 0 Å². The number of carbonyl (C=O) groups excluding carboxylic acids is 1. The van der Waals surface area contributed by atoms with Crippen molar-refractivity contribution in [3.63, 3.8) is 0 Å². The lowest BCUT2D eigenvalue weighted by Gasteiger charge is -2.19. The van der Waals surface area contributed by atoms with E-state index in [1.807, 2.05) is 42.5 Å². The third-order valence-electron chi connectivity index (χ3n) is 2.75. The average molecular weight is 334 g/mol. The molecule has 0 aliphatic carbocycles. The maximum Gasteiger partial charge on any atom is 0.220 e. The number of anilines is 1. The molecule has 0 N–H and O–H groups in total. The standard InChI is InChI=1S/C15H12BrNOS/c1-17(13-5-3-2-4-6-13)15(19)14(18)11-7-9-12(16)10-8-11/h2-10H,1H3. The highest BCUT2D eigenvalue weighted by Crippen LogP contribution is 2.16. The first-order chi connectivity index (χ1) is 9.09. The van der Waals surface area contributed by atoms with E-state index in [1.54, 1.807) is 24.1 Å². The minimum absolute atomic E-state index is 0.145. The lowest BCUT2D eigenvalue weighted by molar-refractivity contribution is 0.106. The van der Waals surface area contributed by atoms with E-state index in [0.717, 1.165) is 10.2 Å². The van der Waals surface area contributed by atoms with Crippen LogP contribution in [0.2, 0.25) is 0 Å². The number of hydrogen-bond acceptors (Lipinski definition) is 2. The molecule has 0 bridgehead atoms. The summed E-state index contributed by atoms with van der Waals surface area (Å²) in [5, 5.41) is 0. The predicted octanol–water partition coefficient (Wildman–Crippen LogP) is 4.10. The van der Waals surface area contributed by atoms with E-state index in [0.29, 0.717) is 5.56 Å². The van der Waals surface area contributed by atoms with Gasteiger partial charge in [-0.2, -0.15) is 0 Å². The molecular weight excluding hydrogens is 322 g/mol. The van der Waals surface area contributed by atoms with Gasteiger partial charge in [0.1, 0.15) is 0 Å². The molecule has 96 valence electrons. The van der Waals surface area contributed by atoms with Crippen LogP contribution >= 0.6 is 28.1 Å². The number of thiocarbonyl (C=S) groups is 1. The zero-order valence-corrected chi connectivity index (χ0v) is 12.7. The van der Waals surface area contributed by atoms with Gasteiger partial charge in [-0.25, -0.2) is 0 Å². The molecule has 0 spiro atoms. The first-order valence-electron chi connectivity index (χ1n) is 5.72. The Morgan fingerprint density at radius 1 is 1.05 bits per heavy atom. The molecule has 0 aliphatic rings. The largest absolute Gasteiger partial charge is 0.333 e. The first kappa shape index (κ1) is 13.9. The van der Waals surface area contributed by atoms with Gasteiger partial charge in [0, 0.05) is 22.8 Å². The van der Waals surface area contributed by atoms with Crippen LogP contribution in [0.25, 0.3) is 0 Å².